The maximum atomic E-state index is 13.8. The highest BCUT2D eigenvalue weighted by Crippen LogP contribution is 2.60. The van der Waals surface area contributed by atoms with Gasteiger partial charge in [-0.25, -0.2) is 0 Å². The molecule has 0 unspecified atom stereocenters. The summed E-state index contributed by atoms with van der Waals surface area (Å²) in [5.41, 5.74) is 1.62. The fourth-order valence-electron chi connectivity index (χ4n) is 7.52. The molecule has 2 N–H and O–H groups in total. The number of rotatable bonds is 6. The first-order valence-electron chi connectivity index (χ1n) is 13.2. The number of amides is 2. The standard InChI is InChI=1S/C30H33N3O4/c1-31-27(34)24-13-23-25(32-29(36)30-14-19-10-20(15-30)12-21(11-19)16-30)4-3-5-26(23)33(28(24)35)17-18-6-8-22(37-2)9-7-18/h3-9,13,19-21H,10-12,14-17H2,1-2H3,(H,31,34)(H,32,36). The molecule has 0 spiro atoms. The number of nitrogens with one attached hydrogen (secondary N) is 2. The predicted molar refractivity (Wildman–Crippen MR) is 143 cm³/mol. The number of pyridine rings is 1. The first-order chi connectivity index (χ1) is 17.9. The summed E-state index contributed by atoms with van der Waals surface area (Å²) in [5.74, 6) is 2.37. The normalized spacial score (nSPS) is 25.7. The van der Waals surface area contributed by atoms with Crippen molar-refractivity contribution < 1.29 is 14.3 Å². The average molecular weight is 500 g/mol. The molecule has 4 saturated carbocycles. The molecule has 2 aromatic carbocycles. The zero-order chi connectivity index (χ0) is 25.7. The van der Waals surface area contributed by atoms with Crippen molar-refractivity contribution in [3.8, 4) is 5.75 Å². The van der Waals surface area contributed by atoms with Gasteiger partial charge in [-0.2, -0.15) is 0 Å². The van der Waals surface area contributed by atoms with E-state index in [0.717, 1.165) is 30.6 Å². The number of anilines is 1. The van der Waals surface area contributed by atoms with Crippen LogP contribution in [-0.2, 0) is 11.3 Å². The van der Waals surface area contributed by atoms with Gasteiger partial charge in [-0.15, -0.1) is 0 Å². The quantitative estimate of drug-likeness (QED) is 0.520. The molecule has 0 aliphatic heterocycles. The molecule has 7 nitrogen and oxygen atoms in total. The van der Waals surface area contributed by atoms with Gasteiger partial charge in [0, 0.05) is 12.4 Å². The number of carbonyl (C=O) groups is 2. The molecule has 3 aromatic rings. The Bertz CT molecular complexity index is 1400. The lowest BCUT2D eigenvalue weighted by Crippen LogP contribution is -2.51. The van der Waals surface area contributed by atoms with E-state index in [1.807, 2.05) is 42.5 Å². The summed E-state index contributed by atoms with van der Waals surface area (Å²) in [5, 5.41) is 6.52. The molecule has 0 atom stereocenters. The Hall–Kier alpha value is -3.61. The maximum Gasteiger partial charge on any atom is 0.264 e. The topological polar surface area (TPSA) is 89.4 Å². The Balaban J connectivity index is 1.41. The molecule has 2 amide bonds. The molecule has 192 valence electrons. The number of nitrogens with zero attached hydrogens (tertiary/aromatic N) is 1. The number of hydrogen-bond donors (Lipinski definition) is 2. The minimum absolute atomic E-state index is 0.0556. The van der Waals surface area contributed by atoms with Crippen LogP contribution in [-0.4, -0.2) is 30.5 Å². The summed E-state index contributed by atoms with van der Waals surface area (Å²) < 4.78 is 6.87. The largest absolute Gasteiger partial charge is 0.497 e. The lowest BCUT2D eigenvalue weighted by molar-refractivity contribution is -0.140. The van der Waals surface area contributed by atoms with Crippen LogP contribution in [0.4, 0.5) is 5.69 Å². The van der Waals surface area contributed by atoms with Crippen LogP contribution >= 0.6 is 0 Å². The fourth-order valence-corrected chi connectivity index (χ4v) is 7.52. The molecular weight excluding hydrogens is 466 g/mol. The van der Waals surface area contributed by atoms with Crippen LogP contribution in [0.2, 0.25) is 0 Å². The van der Waals surface area contributed by atoms with Crippen LogP contribution in [0.25, 0.3) is 10.9 Å². The summed E-state index contributed by atoms with van der Waals surface area (Å²) in [6, 6.07) is 14.7. The van der Waals surface area contributed by atoms with Crippen molar-refractivity contribution in [3.05, 3.63) is 70.0 Å². The summed E-state index contributed by atoms with van der Waals surface area (Å²) in [6.45, 7) is 0.288. The van der Waals surface area contributed by atoms with Gasteiger partial charge in [-0.3, -0.25) is 14.4 Å². The monoisotopic (exact) mass is 499 g/mol. The van der Waals surface area contributed by atoms with E-state index < -0.39 is 5.91 Å². The second-order valence-corrected chi connectivity index (χ2v) is 11.3. The van der Waals surface area contributed by atoms with Crippen LogP contribution in [0, 0.1) is 23.2 Å². The SMILES string of the molecule is CNC(=O)c1cc2c(NC(=O)C34CC5CC(CC(C5)C3)C4)cccc2n(Cc2ccc(OC)cc2)c1=O. The predicted octanol–water partition coefficient (Wildman–Crippen LogP) is 4.57. The number of ether oxygens (including phenoxy) is 1. The number of carbonyl (C=O) groups excluding carboxylic acids is 2. The Morgan fingerprint density at radius 2 is 1.65 bits per heavy atom. The van der Waals surface area contributed by atoms with E-state index in [0.29, 0.717) is 34.3 Å². The minimum Gasteiger partial charge on any atom is -0.497 e. The van der Waals surface area contributed by atoms with E-state index in [1.54, 1.807) is 17.7 Å². The number of methoxy groups -OCH3 is 1. The molecular formula is C30H33N3O4. The first-order valence-corrected chi connectivity index (χ1v) is 13.2. The van der Waals surface area contributed by atoms with Gasteiger partial charge in [0.1, 0.15) is 11.3 Å². The highest BCUT2D eigenvalue weighted by molar-refractivity contribution is 6.06. The van der Waals surface area contributed by atoms with Crippen LogP contribution in [0.5, 0.6) is 5.75 Å². The Kier molecular flexibility index (Phi) is 5.81. The van der Waals surface area contributed by atoms with Gasteiger partial charge >= 0.3 is 0 Å². The Labute approximate surface area is 216 Å². The second kappa shape index (κ2) is 9.05. The van der Waals surface area contributed by atoms with E-state index in [2.05, 4.69) is 10.6 Å². The zero-order valence-corrected chi connectivity index (χ0v) is 21.4. The second-order valence-electron chi connectivity index (χ2n) is 11.3. The van der Waals surface area contributed by atoms with E-state index >= 15 is 0 Å². The van der Waals surface area contributed by atoms with Gasteiger partial charge in [0.15, 0.2) is 0 Å². The lowest BCUT2D eigenvalue weighted by Gasteiger charge is -2.55. The van der Waals surface area contributed by atoms with Crippen molar-refractivity contribution in [2.75, 3.05) is 19.5 Å². The number of hydrogen-bond acceptors (Lipinski definition) is 4. The van der Waals surface area contributed by atoms with Crippen LogP contribution < -0.4 is 20.9 Å². The van der Waals surface area contributed by atoms with Crippen molar-refractivity contribution in [2.24, 2.45) is 23.2 Å². The number of aromatic nitrogens is 1. The molecule has 4 fully saturated rings. The Morgan fingerprint density at radius 1 is 1.00 bits per heavy atom. The molecule has 4 aliphatic carbocycles. The summed E-state index contributed by atoms with van der Waals surface area (Å²) >= 11 is 0. The van der Waals surface area contributed by atoms with Crippen molar-refractivity contribution in [1.29, 1.82) is 0 Å². The molecule has 7 heteroatoms. The highest BCUT2D eigenvalue weighted by Gasteiger charge is 2.54. The molecule has 1 aromatic heterocycles. The van der Waals surface area contributed by atoms with Gasteiger partial charge in [0.05, 0.1) is 30.3 Å². The molecule has 0 saturated heterocycles. The van der Waals surface area contributed by atoms with E-state index in [9.17, 15) is 14.4 Å². The summed E-state index contributed by atoms with van der Waals surface area (Å²) in [4.78, 5) is 40.0. The maximum absolute atomic E-state index is 13.8. The Morgan fingerprint density at radius 3 is 2.24 bits per heavy atom. The van der Waals surface area contributed by atoms with Crippen molar-refractivity contribution in [3.63, 3.8) is 0 Å². The van der Waals surface area contributed by atoms with E-state index in [-0.39, 0.29) is 29.0 Å². The molecule has 0 radical (unpaired) electrons. The van der Waals surface area contributed by atoms with Gasteiger partial charge in [-0.1, -0.05) is 18.2 Å². The third kappa shape index (κ3) is 4.10. The molecule has 37 heavy (non-hydrogen) atoms. The third-order valence-electron chi connectivity index (χ3n) is 8.88. The fraction of sp³-hybridized carbons (Fsp3) is 0.433. The van der Waals surface area contributed by atoms with Gasteiger partial charge in [0.25, 0.3) is 11.5 Å². The van der Waals surface area contributed by atoms with Gasteiger partial charge in [-0.05, 0) is 92.2 Å². The van der Waals surface area contributed by atoms with Crippen molar-refractivity contribution in [2.45, 2.75) is 45.1 Å². The van der Waals surface area contributed by atoms with Crippen LogP contribution in [0.1, 0.15) is 54.4 Å². The molecule has 4 aliphatic rings. The van der Waals surface area contributed by atoms with Crippen molar-refractivity contribution in [1.82, 2.24) is 9.88 Å². The van der Waals surface area contributed by atoms with Crippen molar-refractivity contribution >= 4 is 28.4 Å². The smallest absolute Gasteiger partial charge is 0.264 e. The molecule has 1 heterocycles. The summed E-state index contributed by atoms with van der Waals surface area (Å²) in [7, 11) is 3.12. The van der Waals surface area contributed by atoms with E-state index in [4.69, 9.17) is 4.74 Å². The summed E-state index contributed by atoms with van der Waals surface area (Å²) in [6.07, 6.45) is 6.74. The third-order valence-corrected chi connectivity index (χ3v) is 8.88. The van der Waals surface area contributed by atoms with Gasteiger partial charge < -0.3 is 19.9 Å². The number of benzene rings is 2. The minimum atomic E-state index is -0.447. The van der Waals surface area contributed by atoms with Crippen LogP contribution in [0.15, 0.2) is 53.3 Å². The molecule has 4 bridgehead atoms. The number of fused-ring (bicyclic) bond motifs is 1. The first kappa shape index (κ1) is 23.8. The molecule has 7 rings (SSSR count). The lowest BCUT2D eigenvalue weighted by atomic mass is 9.49. The van der Waals surface area contributed by atoms with E-state index in [1.165, 1.54) is 26.3 Å². The zero-order valence-electron chi connectivity index (χ0n) is 21.4. The average Bonchev–Trinajstić information content (AvgIpc) is 2.89. The van der Waals surface area contributed by atoms with Gasteiger partial charge in [0.2, 0.25) is 5.91 Å². The highest BCUT2D eigenvalue weighted by atomic mass is 16.5. The van der Waals surface area contributed by atoms with Crippen LogP contribution in [0.3, 0.4) is 0 Å².